The molecule has 0 bridgehead atoms. The maximum atomic E-state index is 13.3. The molecule has 2 aromatic rings. The van der Waals surface area contributed by atoms with E-state index in [1.165, 1.54) is 22.0 Å². The summed E-state index contributed by atoms with van der Waals surface area (Å²) < 4.78 is 29.2. The number of ether oxygens (including phenoxy) is 1. The molecule has 5 rings (SSSR count). The third-order valence-corrected chi connectivity index (χ3v) is 7.69. The van der Waals surface area contributed by atoms with Crippen molar-refractivity contribution in [1.29, 1.82) is 10.0 Å². The van der Waals surface area contributed by atoms with Gasteiger partial charge in [0.25, 0.3) is 0 Å². The van der Waals surface area contributed by atoms with Crippen LogP contribution >= 0.6 is 0 Å². The van der Waals surface area contributed by atoms with Gasteiger partial charge in [-0.25, -0.2) is 18.5 Å². The van der Waals surface area contributed by atoms with Gasteiger partial charge in [-0.15, -0.1) is 4.31 Å². The van der Waals surface area contributed by atoms with E-state index >= 15 is 0 Å². The Labute approximate surface area is 174 Å². The highest BCUT2D eigenvalue weighted by atomic mass is 32.2. The van der Waals surface area contributed by atoms with Crippen LogP contribution in [0.1, 0.15) is 41.5 Å². The van der Waals surface area contributed by atoms with Crippen molar-refractivity contribution in [1.82, 2.24) is 14.1 Å². The molecule has 9 nitrogen and oxygen atoms in total. The highest BCUT2D eigenvalue weighted by Gasteiger charge is 2.34. The number of fused-ring (bicyclic) bond motifs is 3. The number of urea groups is 1. The number of nitrogens with zero attached hydrogens (tertiary/aromatic N) is 4. The second kappa shape index (κ2) is 7.02. The van der Waals surface area contributed by atoms with Gasteiger partial charge in [0.05, 0.1) is 12.8 Å². The summed E-state index contributed by atoms with van der Waals surface area (Å²) in [5.41, 5.74) is 5.42. The fraction of sp³-hybridized carbons (Fsp3) is 0.450. The molecule has 2 N–H and O–H groups in total. The van der Waals surface area contributed by atoms with Gasteiger partial charge in [-0.1, -0.05) is 6.07 Å². The fourth-order valence-corrected chi connectivity index (χ4v) is 5.86. The van der Waals surface area contributed by atoms with E-state index in [2.05, 4.69) is 16.5 Å². The fourth-order valence-electron chi connectivity index (χ4n) is 4.68. The monoisotopic (exact) mass is 426 g/mol. The van der Waals surface area contributed by atoms with Crippen LogP contribution in [0, 0.1) is 16.2 Å². The highest BCUT2D eigenvalue weighted by Crippen LogP contribution is 2.39. The average Bonchev–Trinajstić information content (AvgIpc) is 3.47. The number of anilines is 1. The third-order valence-electron chi connectivity index (χ3n) is 6.05. The van der Waals surface area contributed by atoms with E-state index in [9.17, 15) is 14.3 Å². The van der Waals surface area contributed by atoms with Gasteiger partial charge in [0.15, 0.2) is 14.8 Å². The van der Waals surface area contributed by atoms with Gasteiger partial charge >= 0.3 is 6.03 Å². The maximum Gasteiger partial charge on any atom is 0.348 e. The van der Waals surface area contributed by atoms with Gasteiger partial charge in [-0.05, 0) is 60.8 Å². The lowest BCUT2D eigenvalue weighted by atomic mass is 9.99. The Kier molecular flexibility index (Phi) is 4.43. The van der Waals surface area contributed by atoms with Crippen LogP contribution in [-0.4, -0.2) is 30.9 Å². The predicted molar refractivity (Wildman–Crippen MR) is 108 cm³/mol. The number of benzene rings is 1. The summed E-state index contributed by atoms with van der Waals surface area (Å²) in [6.45, 7) is 0.987. The number of amides is 2. The Morgan fingerprint density at radius 3 is 2.60 bits per heavy atom. The van der Waals surface area contributed by atoms with Gasteiger partial charge in [0.2, 0.25) is 12.1 Å². The number of nitrogens with one attached hydrogen (secondary N) is 2. The topological polar surface area (TPSA) is 124 Å². The Morgan fingerprint density at radius 1 is 1.23 bits per heavy atom. The highest BCUT2D eigenvalue weighted by molar-refractivity contribution is 7.91. The molecule has 1 aromatic carbocycles. The van der Waals surface area contributed by atoms with Gasteiger partial charge in [0.1, 0.15) is 0 Å². The minimum absolute atomic E-state index is 0.0533. The number of hydrogen-bond acceptors (Lipinski definition) is 6. The lowest BCUT2D eigenvalue weighted by Crippen LogP contribution is -2.36. The van der Waals surface area contributed by atoms with Crippen LogP contribution in [0.4, 0.5) is 10.5 Å². The van der Waals surface area contributed by atoms with E-state index < -0.39 is 15.9 Å². The molecular weight excluding hydrogens is 404 g/mol. The molecule has 3 aliphatic rings. The molecule has 0 spiro atoms. The van der Waals surface area contributed by atoms with Crippen LogP contribution in [0.2, 0.25) is 0 Å². The van der Waals surface area contributed by atoms with Crippen molar-refractivity contribution in [2.24, 2.45) is 0 Å². The van der Waals surface area contributed by atoms with Crippen molar-refractivity contribution in [2.45, 2.75) is 56.4 Å². The maximum absolute atomic E-state index is 13.3. The van der Waals surface area contributed by atoms with Crippen molar-refractivity contribution in [3.05, 3.63) is 34.5 Å². The minimum atomic E-state index is -3.94. The van der Waals surface area contributed by atoms with Crippen LogP contribution in [0.25, 0.3) is 0 Å². The lowest BCUT2D eigenvalue weighted by Gasteiger charge is -2.22. The van der Waals surface area contributed by atoms with Gasteiger partial charge in [0, 0.05) is 18.7 Å². The molecule has 30 heavy (non-hydrogen) atoms. The SMILES string of the molecule is N#CN(C(=O)Nc1c2c(cc3c1CCC3)CCC2)[S@@](=N)(=O)c1cnn2c1OCCC2. The summed E-state index contributed by atoms with van der Waals surface area (Å²) in [6, 6.07) is 1.38. The molecule has 0 unspecified atom stereocenters. The quantitative estimate of drug-likeness (QED) is 0.577. The van der Waals surface area contributed by atoms with E-state index in [0.717, 1.165) is 61.8 Å². The van der Waals surface area contributed by atoms with Crippen molar-refractivity contribution in [3.8, 4) is 12.1 Å². The van der Waals surface area contributed by atoms with E-state index in [1.807, 2.05) is 0 Å². The molecule has 156 valence electrons. The molecule has 2 amide bonds. The Balaban J connectivity index is 1.50. The van der Waals surface area contributed by atoms with Crippen LogP contribution in [-0.2, 0) is 42.1 Å². The first-order valence-electron chi connectivity index (χ1n) is 10.2. The summed E-state index contributed by atoms with van der Waals surface area (Å²) in [6.07, 6.45) is 9.40. The summed E-state index contributed by atoms with van der Waals surface area (Å²) >= 11 is 0. The molecule has 0 fully saturated rings. The molecule has 1 atom stereocenters. The second-order valence-electron chi connectivity index (χ2n) is 7.82. The van der Waals surface area contributed by atoms with Crippen LogP contribution in [0.3, 0.4) is 0 Å². The Bertz CT molecular complexity index is 1160. The number of hydrogen-bond donors (Lipinski definition) is 2. The molecule has 2 aliphatic carbocycles. The standard InChI is InChI=1S/C20H22N6O3S/c21-12-26(30(22,28)17-11-23-25-8-3-9-29-19(17)25)20(27)24-18-15-6-1-4-13(15)10-14-5-2-7-16(14)18/h10-11,22H,1-9H2,(H,24,27)/t30-/m1/s1. The van der Waals surface area contributed by atoms with Crippen molar-refractivity contribution in [3.63, 3.8) is 0 Å². The van der Waals surface area contributed by atoms with Crippen molar-refractivity contribution in [2.75, 3.05) is 11.9 Å². The van der Waals surface area contributed by atoms with Crippen LogP contribution in [0.15, 0.2) is 17.2 Å². The number of nitriles is 1. The first kappa shape index (κ1) is 18.9. The van der Waals surface area contributed by atoms with Gasteiger partial charge in [-0.2, -0.15) is 10.4 Å². The van der Waals surface area contributed by atoms with Crippen LogP contribution < -0.4 is 10.1 Å². The minimum Gasteiger partial charge on any atom is -0.477 e. The zero-order valence-electron chi connectivity index (χ0n) is 16.4. The Hall–Kier alpha value is -3.06. The molecule has 10 heteroatoms. The van der Waals surface area contributed by atoms with E-state index in [-0.39, 0.29) is 10.8 Å². The molecule has 2 heterocycles. The van der Waals surface area contributed by atoms with Crippen molar-refractivity contribution < 1.29 is 13.7 Å². The summed E-state index contributed by atoms with van der Waals surface area (Å²) in [4.78, 5) is 13.0. The van der Waals surface area contributed by atoms with Crippen LogP contribution in [0.5, 0.6) is 5.88 Å². The average molecular weight is 427 g/mol. The number of carbonyl (C=O) groups excluding carboxylic acids is 1. The second-order valence-corrected chi connectivity index (χ2v) is 9.68. The Morgan fingerprint density at radius 2 is 1.93 bits per heavy atom. The van der Waals surface area contributed by atoms with Gasteiger partial charge < -0.3 is 10.1 Å². The molecule has 1 aliphatic heterocycles. The largest absolute Gasteiger partial charge is 0.477 e. The molecule has 1 aromatic heterocycles. The van der Waals surface area contributed by atoms with E-state index in [4.69, 9.17) is 9.52 Å². The zero-order valence-corrected chi connectivity index (χ0v) is 17.3. The number of carbonyl (C=O) groups is 1. The number of aromatic nitrogens is 2. The zero-order chi connectivity index (χ0) is 20.9. The third kappa shape index (κ3) is 2.84. The predicted octanol–water partition coefficient (Wildman–Crippen LogP) is 2.98. The molecule has 0 radical (unpaired) electrons. The summed E-state index contributed by atoms with van der Waals surface area (Å²) in [5, 5.41) is 16.6. The normalized spacial score (nSPS) is 18.4. The smallest absolute Gasteiger partial charge is 0.348 e. The van der Waals surface area contributed by atoms with E-state index in [0.29, 0.717) is 17.5 Å². The molecule has 0 saturated heterocycles. The van der Waals surface area contributed by atoms with Crippen molar-refractivity contribution >= 4 is 21.6 Å². The lowest BCUT2D eigenvalue weighted by molar-refractivity contribution is 0.224. The summed E-state index contributed by atoms with van der Waals surface area (Å²) in [5.74, 6) is 0.191. The molecular formula is C20H22N6O3S. The number of rotatable bonds is 3. The molecule has 0 saturated carbocycles. The van der Waals surface area contributed by atoms with Gasteiger partial charge in [-0.3, -0.25) is 0 Å². The first-order valence-corrected chi connectivity index (χ1v) is 11.7. The van der Waals surface area contributed by atoms with E-state index in [1.54, 1.807) is 6.19 Å². The first-order chi connectivity index (χ1) is 14.5. The number of aryl methyl sites for hydroxylation is 3. The summed E-state index contributed by atoms with van der Waals surface area (Å²) in [7, 11) is -3.94.